The fraction of sp³-hybridized carbons (Fsp3) is 0.286. The van der Waals surface area contributed by atoms with Gasteiger partial charge in [-0.3, -0.25) is 4.68 Å². The lowest BCUT2D eigenvalue weighted by molar-refractivity contribution is 0.318. The smallest absolute Gasteiger partial charge is 0.175 e. The number of oxime groups is 1. The van der Waals surface area contributed by atoms with E-state index in [-0.39, 0.29) is 5.84 Å². The number of para-hydroxylation sites is 1. The highest BCUT2D eigenvalue weighted by molar-refractivity contribution is 6.03. The standard InChI is InChI=1S/C14H19N5O/c1-9-7-5-6-8-11(9)18(3)14-12(13(15)17-20)10(2)16-19(14)4/h5-8,20H,1-4H3,(H2,15,17). The summed E-state index contributed by atoms with van der Waals surface area (Å²) in [6, 6.07) is 8.03. The molecule has 1 aromatic carbocycles. The van der Waals surface area contributed by atoms with Crippen LogP contribution in [-0.4, -0.2) is 27.9 Å². The van der Waals surface area contributed by atoms with E-state index in [2.05, 4.69) is 10.3 Å². The molecule has 0 aliphatic heterocycles. The molecule has 106 valence electrons. The lowest BCUT2D eigenvalue weighted by Crippen LogP contribution is -2.21. The molecule has 0 unspecified atom stereocenters. The minimum absolute atomic E-state index is 0.0611. The third-order valence-electron chi connectivity index (χ3n) is 3.35. The third kappa shape index (κ3) is 2.20. The van der Waals surface area contributed by atoms with Gasteiger partial charge in [-0.05, 0) is 25.5 Å². The zero-order valence-corrected chi connectivity index (χ0v) is 12.1. The van der Waals surface area contributed by atoms with Gasteiger partial charge in [-0.15, -0.1) is 0 Å². The highest BCUT2D eigenvalue weighted by atomic mass is 16.4. The van der Waals surface area contributed by atoms with Crippen LogP contribution in [0.4, 0.5) is 11.5 Å². The number of amidine groups is 1. The molecule has 6 nitrogen and oxygen atoms in total. The van der Waals surface area contributed by atoms with Gasteiger partial charge in [0.05, 0.1) is 11.3 Å². The van der Waals surface area contributed by atoms with E-state index in [1.165, 1.54) is 0 Å². The number of benzene rings is 1. The average Bonchev–Trinajstić information content (AvgIpc) is 2.72. The highest BCUT2D eigenvalue weighted by Gasteiger charge is 2.21. The average molecular weight is 273 g/mol. The number of nitrogens with two attached hydrogens (primary N) is 1. The van der Waals surface area contributed by atoms with Crippen molar-refractivity contribution in [1.82, 2.24) is 9.78 Å². The zero-order chi connectivity index (χ0) is 14.9. The molecular weight excluding hydrogens is 254 g/mol. The van der Waals surface area contributed by atoms with Gasteiger partial charge in [-0.2, -0.15) is 5.10 Å². The van der Waals surface area contributed by atoms with Gasteiger partial charge in [0.2, 0.25) is 0 Å². The maximum absolute atomic E-state index is 8.96. The second-order valence-corrected chi connectivity index (χ2v) is 4.74. The van der Waals surface area contributed by atoms with E-state index in [0.29, 0.717) is 5.56 Å². The van der Waals surface area contributed by atoms with E-state index in [9.17, 15) is 0 Å². The molecule has 0 amide bonds. The van der Waals surface area contributed by atoms with Crippen LogP contribution >= 0.6 is 0 Å². The number of anilines is 2. The summed E-state index contributed by atoms with van der Waals surface area (Å²) in [6.07, 6.45) is 0. The van der Waals surface area contributed by atoms with E-state index >= 15 is 0 Å². The topological polar surface area (TPSA) is 79.7 Å². The van der Waals surface area contributed by atoms with Crippen LogP contribution in [0.25, 0.3) is 0 Å². The first-order chi connectivity index (χ1) is 9.47. The summed E-state index contributed by atoms with van der Waals surface area (Å²) >= 11 is 0. The van der Waals surface area contributed by atoms with Crippen molar-refractivity contribution in [3.05, 3.63) is 41.1 Å². The summed E-state index contributed by atoms with van der Waals surface area (Å²) in [6.45, 7) is 3.88. The number of hydrogen-bond acceptors (Lipinski definition) is 4. The molecule has 0 saturated carbocycles. The minimum atomic E-state index is 0.0611. The molecule has 0 bridgehead atoms. The maximum atomic E-state index is 8.96. The first-order valence-corrected chi connectivity index (χ1v) is 6.28. The minimum Gasteiger partial charge on any atom is -0.409 e. The molecule has 0 aliphatic carbocycles. The first-order valence-electron chi connectivity index (χ1n) is 6.28. The largest absolute Gasteiger partial charge is 0.409 e. The van der Waals surface area contributed by atoms with E-state index in [4.69, 9.17) is 10.9 Å². The van der Waals surface area contributed by atoms with E-state index < -0.39 is 0 Å². The summed E-state index contributed by atoms with van der Waals surface area (Å²) in [5.41, 5.74) is 9.33. The molecule has 1 heterocycles. The van der Waals surface area contributed by atoms with Gasteiger partial charge in [0.15, 0.2) is 5.84 Å². The van der Waals surface area contributed by atoms with E-state index in [1.807, 2.05) is 57.1 Å². The summed E-state index contributed by atoms with van der Waals surface area (Å²) in [5, 5.41) is 16.4. The van der Waals surface area contributed by atoms with Crippen LogP contribution in [0, 0.1) is 13.8 Å². The number of nitrogens with zero attached hydrogens (tertiary/aromatic N) is 4. The van der Waals surface area contributed by atoms with Crippen molar-refractivity contribution < 1.29 is 5.21 Å². The van der Waals surface area contributed by atoms with Gasteiger partial charge in [-0.25, -0.2) is 0 Å². The Hall–Kier alpha value is -2.50. The van der Waals surface area contributed by atoms with Crippen LogP contribution in [0.2, 0.25) is 0 Å². The van der Waals surface area contributed by atoms with Crippen molar-refractivity contribution in [3.8, 4) is 0 Å². The van der Waals surface area contributed by atoms with Crippen molar-refractivity contribution in [2.75, 3.05) is 11.9 Å². The predicted molar refractivity (Wildman–Crippen MR) is 79.7 cm³/mol. The monoisotopic (exact) mass is 273 g/mol. The third-order valence-corrected chi connectivity index (χ3v) is 3.35. The Morgan fingerprint density at radius 3 is 2.60 bits per heavy atom. The molecular formula is C14H19N5O. The number of rotatable bonds is 3. The van der Waals surface area contributed by atoms with E-state index in [1.54, 1.807) is 4.68 Å². The molecule has 2 rings (SSSR count). The lowest BCUT2D eigenvalue weighted by Gasteiger charge is -2.22. The molecule has 3 N–H and O–H groups in total. The van der Waals surface area contributed by atoms with Gasteiger partial charge in [0.1, 0.15) is 5.82 Å². The van der Waals surface area contributed by atoms with Crippen molar-refractivity contribution in [2.24, 2.45) is 17.9 Å². The lowest BCUT2D eigenvalue weighted by atomic mass is 10.1. The maximum Gasteiger partial charge on any atom is 0.175 e. The molecule has 0 fully saturated rings. The molecule has 0 atom stereocenters. The normalized spacial score (nSPS) is 11.7. The number of aromatic nitrogens is 2. The fourth-order valence-corrected chi connectivity index (χ4v) is 2.43. The summed E-state index contributed by atoms with van der Waals surface area (Å²) in [5.74, 6) is 0.845. The molecule has 0 spiro atoms. The Kier molecular flexibility index (Phi) is 3.65. The molecule has 20 heavy (non-hydrogen) atoms. The summed E-state index contributed by atoms with van der Waals surface area (Å²) in [7, 11) is 3.78. The van der Waals surface area contributed by atoms with Crippen molar-refractivity contribution in [3.63, 3.8) is 0 Å². The van der Waals surface area contributed by atoms with Gasteiger partial charge in [0, 0.05) is 19.8 Å². The predicted octanol–water partition coefficient (Wildman–Crippen LogP) is 1.90. The molecule has 6 heteroatoms. The fourth-order valence-electron chi connectivity index (χ4n) is 2.43. The number of hydrogen-bond donors (Lipinski definition) is 2. The molecule has 2 aromatic rings. The summed E-state index contributed by atoms with van der Waals surface area (Å²) in [4.78, 5) is 1.99. The van der Waals surface area contributed by atoms with Crippen molar-refractivity contribution >= 4 is 17.3 Å². The quantitative estimate of drug-likeness (QED) is 0.387. The van der Waals surface area contributed by atoms with Gasteiger partial charge >= 0.3 is 0 Å². The van der Waals surface area contributed by atoms with E-state index in [0.717, 1.165) is 22.8 Å². The second kappa shape index (κ2) is 5.24. The Balaban J connectivity index is 2.61. The Morgan fingerprint density at radius 2 is 2.00 bits per heavy atom. The van der Waals surface area contributed by atoms with Crippen LogP contribution in [-0.2, 0) is 7.05 Å². The van der Waals surface area contributed by atoms with Crippen molar-refractivity contribution in [1.29, 1.82) is 0 Å². The summed E-state index contributed by atoms with van der Waals surface area (Å²) < 4.78 is 1.73. The Morgan fingerprint density at radius 1 is 1.35 bits per heavy atom. The van der Waals surface area contributed by atoms with Crippen LogP contribution in [0.15, 0.2) is 29.4 Å². The van der Waals surface area contributed by atoms with Gasteiger partial charge in [0.25, 0.3) is 0 Å². The van der Waals surface area contributed by atoms with Crippen LogP contribution < -0.4 is 10.6 Å². The Labute approximate surface area is 118 Å². The zero-order valence-electron chi connectivity index (χ0n) is 12.1. The van der Waals surface area contributed by atoms with Crippen LogP contribution in [0.5, 0.6) is 0 Å². The molecule has 0 radical (unpaired) electrons. The van der Waals surface area contributed by atoms with Crippen LogP contribution in [0.3, 0.4) is 0 Å². The van der Waals surface area contributed by atoms with Crippen LogP contribution in [0.1, 0.15) is 16.8 Å². The molecule has 0 aliphatic rings. The van der Waals surface area contributed by atoms with Crippen molar-refractivity contribution in [2.45, 2.75) is 13.8 Å². The van der Waals surface area contributed by atoms with Gasteiger partial charge < -0.3 is 15.8 Å². The highest BCUT2D eigenvalue weighted by Crippen LogP contribution is 2.30. The molecule has 0 saturated heterocycles. The Bertz CT molecular complexity index is 660. The second-order valence-electron chi connectivity index (χ2n) is 4.74. The molecule has 1 aromatic heterocycles. The first kappa shape index (κ1) is 13.9. The van der Waals surface area contributed by atoms with Gasteiger partial charge in [-0.1, -0.05) is 23.4 Å². The SMILES string of the molecule is Cc1ccccc1N(C)c1c(C(N)=NO)c(C)nn1C. The number of aryl methyl sites for hydroxylation is 3.